The SMILES string of the molecule is CNCC(=O)NCc1cc(Cl)cc(Cl)c1OC(F)F.Cl. The van der Waals surface area contributed by atoms with Gasteiger partial charge in [-0.3, -0.25) is 4.79 Å². The van der Waals surface area contributed by atoms with Crippen molar-refractivity contribution in [1.82, 2.24) is 10.6 Å². The summed E-state index contributed by atoms with van der Waals surface area (Å²) in [4.78, 5) is 11.3. The maximum Gasteiger partial charge on any atom is 0.387 e. The lowest BCUT2D eigenvalue weighted by atomic mass is 10.2. The molecule has 0 bridgehead atoms. The predicted octanol–water partition coefficient (Wildman–Crippen LogP) is 2.85. The average Bonchev–Trinajstić information content (AvgIpc) is 2.30. The number of ether oxygens (including phenoxy) is 1. The molecule has 0 heterocycles. The Labute approximate surface area is 131 Å². The fraction of sp³-hybridized carbons (Fsp3) is 0.364. The first-order valence-corrected chi connectivity index (χ1v) is 6.03. The van der Waals surface area contributed by atoms with Crippen molar-refractivity contribution in [3.8, 4) is 5.75 Å². The summed E-state index contributed by atoms with van der Waals surface area (Å²) in [5.41, 5.74) is 0.280. The summed E-state index contributed by atoms with van der Waals surface area (Å²) in [5.74, 6) is -0.479. The number of amides is 1. The molecule has 0 spiro atoms. The molecule has 0 fully saturated rings. The fourth-order valence-corrected chi connectivity index (χ4v) is 1.96. The zero-order valence-electron chi connectivity index (χ0n) is 10.4. The molecule has 20 heavy (non-hydrogen) atoms. The maximum atomic E-state index is 12.3. The molecule has 0 atom stereocenters. The summed E-state index contributed by atoms with van der Waals surface area (Å²) in [6.07, 6.45) is 0. The van der Waals surface area contributed by atoms with E-state index >= 15 is 0 Å². The Morgan fingerprint density at radius 3 is 2.60 bits per heavy atom. The molecule has 0 aliphatic heterocycles. The van der Waals surface area contributed by atoms with Crippen molar-refractivity contribution in [2.75, 3.05) is 13.6 Å². The largest absolute Gasteiger partial charge is 0.433 e. The summed E-state index contributed by atoms with van der Waals surface area (Å²) in [6, 6.07) is 2.70. The smallest absolute Gasteiger partial charge is 0.387 e. The van der Waals surface area contributed by atoms with Crippen LogP contribution in [0.15, 0.2) is 12.1 Å². The highest BCUT2D eigenvalue weighted by Crippen LogP contribution is 2.33. The molecule has 0 saturated heterocycles. The van der Waals surface area contributed by atoms with Gasteiger partial charge in [0.2, 0.25) is 5.91 Å². The van der Waals surface area contributed by atoms with E-state index < -0.39 is 6.61 Å². The summed E-state index contributed by atoms with van der Waals surface area (Å²) >= 11 is 11.6. The van der Waals surface area contributed by atoms with Gasteiger partial charge in [0.25, 0.3) is 0 Å². The van der Waals surface area contributed by atoms with Crippen LogP contribution in [0.5, 0.6) is 5.75 Å². The Hall–Kier alpha value is -0.820. The van der Waals surface area contributed by atoms with Crippen LogP contribution in [0.2, 0.25) is 10.0 Å². The van der Waals surface area contributed by atoms with Gasteiger partial charge in [0, 0.05) is 17.1 Å². The summed E-state index contributed by atoms with van der Waals surface area (Å²) < 4.78 is 28.9. The van der Waals surface area contributed by atoms with E-state index in [0.717, 1.165) is 0 Å². The molecule has 0 saturated carbocycles. The van der Waals surface area contributed by atoms with Crippen LogP contribution in [0.4, 0.5) is 8.78 Å². The van der Waals surface area contributed by atoms with Gasteiger partial charge >= 0.3 is 6.61 Å². The molecule has 1 amide bonds. The van der Waals surface area contributed by atoms with Crippen LogP contribution in [-0.4, -0.2) is 26.1 Å². The van der Waals surface area contributed by atoms with Gasteiger partial charge in [-0.2, -0.15) is 8.78 Å². The first kappa shape index (κ1) is 19.2. The molecule has 1 aromatic rings. The minimum absolute atomic E-state index is 0. The van der Waals surface area contributed by atoms with E-state index in [0.29, 0.717) is 0 Å². The second-order valence-electron chi connectivity index (χ2n) is 3.56. The first-order chi connectivity index (χ1) is 8.93. The quantitative estimate of drug-likeness (QED) is 0.830. The Morgan fingerprint density at radius 2 is 2.05 bits per heavy atom. The van der Waals surface area contributed by atoms with Crippen LogP contribution in [-0.2, 0) is 11.3 Å². The van der Waals surface area contributed by atoms with Crippen LogP contribution < -0.4 is 15.4 Å². The van der Waals surface area contributed by atoms with Crippen LogP contribution in [0.25, 0.3) is 0 Å². The van der Waals surface area contributed by atoms with Crippen molar-refractivity contribution in [1.29, 1.82) is 0 Å². The van der Waals surface area contributed by atoms with Crippen LogP contribution in [0, 0.1) is 0 Å². The summed E-state index contributed by atoms with van der Waals surface area (Å²) in [5, 5.41) is 5.41. The van der Waals surface area contributed by atoms with Gasteiger partial charge in [-0.05, 0) is 19.2 Å². The monoisotopic (exact) mass is 348 g/mol. The summed E-state index contributed by atoms with van der Waals surface area (Å²) in [6.45, 7) is -2.91. The van der Waals surface area contributed by atoms with Crippen LogP contribution >= 0.6 is 35.6 Å². The first-order valence-electron chi connectivity index (χ1n) is 5.28. The number of nitrogens with one attached hydrogen (secondary N) is 2. The molecule has 0 unspecified atom stereocenters. The summed E-state index contributed by atoms with van der Waals surface area (Å²) in [7, 11) is 1.61. The number of likely N-dealkylation sites (N-methyl/N-ethyl adjacent to an activating group) is 1. The van der Waals surface area contributed by atoms with Gasteiger partial charge in [0.15, 0.2) is 0 Å². The second-order valence-corrected chi connectivity index (χ2v) is 4.41. The topological polar surface area (TPSA) is 50.4 Å². The lowest BCUT2D eigenvalue weighted by Crippen LogP contribution is -2.31. The molecule has 0 radical (unpaired) electrons. The minimum atomic E-state index is -3.01. The van der Waals surface area contributed by atoms with E-state index in [1.54, 1.807) is 7.05 Å². The third-order valence-corrected chi connectivity index (χ3v) is 2.60. The van der Waals surface area contributed by atoms with Gasteiger partial charge < -0.3 is 15.4 Å². The second kappa shape index (κ2) is 9.18. The lowest BCUT2D eigenvalue weighted by molar-refractivity contribution is -0.120. The molecular weight excluding hydrogens is 336 g/mol. The van der Waals surface area contributed by atoms with Crippen LogP contribution in [0.1, 0.15) is 5.56 Å². The van der Waals surface area contributed by atoms with Gasteiger partial charge in [0.05, 0.1) is 11.6 Å². The highest BCUT2D eigenvalue weighted by atomic mass is 35.5. The van der Waals surface area contributed by atoms with Crippen molar-refractivity contribution in [2.24, 2.45) is 0 Å². The van der Waals surface area contributed by atoms with Crippen molar-refractivity contribution < 1.29 is 18.3 Å². The van der Waals surface area contributed by atoms with E-state index in [9.17, 15) is 13.6 Å². The fourth-order valence-electron chi connectivity index (χ4n) is 1.38. The molecule has 0 aliphatic rings. The Bertz CT molecular complexity index is 462. The van der Waals surface area contributed by atoms with E-state index in [2.05, 4.69) is 15.4 Å². The third kappa shape index (κ3) is 6.09. The maximum absolute atomic E-state index is 12.3. The molecule has 1 rings (SSSR count). The van der Waals surface area contributed by atoms with Crippen molar-refractivity contribution in [2.45, 2.75) is 13.2 Å². The Morgan fingerprint density at radius 1 is 1.40 bits per heavy atom. The molecular formula is C11H13Cl3F2N2O2. The van der Waals surface area contributed by atoms with Crippen LogP contribution in [0.3, 0.4) is 0 Å². The molecule has 0 aromatic heterocycles. The van der Waals surface area contributed by atoms with Crippen molar-refractivity contribution in [3.63, 3.8) is 0 Å². The number of halogens is 5. The van der Waals surface area contributed by atoms with Gasteiger partial charge in [-0.15, -0.1) is 12.4 Å². The number of carbonyl (C=O) groups excluding carboxylic acids is 1. The molecule has 9 heteroatoms. The number of hydrogen-bond donors (Lipinski definition) is 2. The highest BCUT2D eigenvalue weighted by Gasteiger charge is 2.15. The number of hydrogen-bond acceptors (Lipinski definition) is 3. The number of rotatable bonds is 6. The third-order valence-electron chi connectivity index (χ3n) is 2.11. The molecule has 0 aliphatic carbocycles. The average molecular weight is 350 g/mol. The molecule has 1 aromatic carbocycles. The van der Waals surface area contributed by atoms with Crippen molar-refractivity contribution >= 4 is 41.5 Å². The predicted molar refractivity (Wildman–Crippen MR) is 76.1 cm³/mol. The number of carbonyl (C=O) groups is 1. The zero-order chi connectivity index (χ0) is 14.4. The van der Waals surface area contributed by atoms with Gasteiger partial charge in [-0.25, -0.2) is 0 Å². The Balaban J connectivity index is 0.00000361. The van der Waals surface area contributed by atoms with Gasteiger partial charge in [0.1, 0.15) is 5.75 Å². The van der Waals surface area contributed by atoms with Gasteiger partial charge in [-0.1, -0.05) is 23.2 Å². The van der Waals surface area contributed by atoms with E-state index in [1.807, 2.05) is 0 Å². The van der Waals surface area contributed by atoms with E-state index in [-0.39, 0.29) is 52.8 Å². The van der Waals surface area contributed by atoms with E-state index in [4.69, 9.17) is 23.2 Å². The highest BCUT2D eigenvalue weighted by molar-refractivity contribution is 6.35. The van der Waals surface area contributed by atoms with E-state index in [1.165, 1.54) is 12.1 Å². The van der Waals surface area contributed by atoms with Crippen molar-refractivity contribution in [3.05, 3.63) is 27.7 Å². The number of benzene rings is 1. The Kier molecular flexibility index (Phi) is 8.80. The zero-order valence-corrected chi connectivity index (χ0v) is 12.7. The number of alkyl halides is 2. The molecule has 4 nitrogen and oxygen atoms in total. The lowest BCUT2D eigenvalue weighted by Gasteiger charge is -2.13. The molecule has 2 N–H and O–H groups in total. The normalized spacial score (nSPS) is 10.1. The molecule has 114 valence electrons. The standard InChI is InChI=1S/C11H12Cl2F2N2O2.ClH/c1-16-5-9(18)17-4-6-2-7(12)3-8(13)10(6)19-11(14)15;/h2-3,11,16H,4-5H2,1H3,(H,17,18);1H. The minimum Gasteiger partial charge on any atom is -0.433 e.